The molecule has 1 atom stereocenters. The van der Waals surface area contributed by atoms with Gasteiger partial charge in [0.15, 0.2) is 0 Å². The van der Waals surface area contributed by atoms with Crippen LogP contribution in [0.5, 0.6) is 5.75 Å². The Bertz CT molecular complexity index is 540. The SMILES string of the molecule is CC1CCN(C)C1.CCCCCCCCCc1ccc2c(c1)OCCC2.NC=O. The quantitative estimate of drug-likeness (QED) is 0.468. The second-order valence-electron chi connectivity index (χ2n) is 8.56. The van der Waals surface area contributed by atoms with Crippen molar-refractivity contribution in [3.8, 4) is 5.75 Å². The van der Waals surface area contributed by atoms with Crippen LogP contribution in [0.15, 0.2) is 18.2 Å². The molecule has 0 bridgehead atoms. The van der Waals surface area contributed by atoms with Gasteiger partial charge in [-0.25, -0.2) is 0 Å². The van der Waals surface area contributed by atoms with Gasteiger partial charge in [-0.05, 0) is 68.8 Å². The number of carbonyl (C=O) groups excluding carboxylic acids is 1. The van der Waals surface area contributed by atoms with E-state index in [-0.39, 0.29) is 6.41 Å². The lowest BCUT2D eigenvalue weighted by Crippen LogP contribution is -2.12. The molecule has 2 aliphatic heterocycles. The van der Waals surface area contributed by atoms with Gasteiger partial charge in [0, 0.05) is 6.54 Å². The number of nitrogens with two attached hydrogens (primary N) is 1. The van der Waals surface area contributed by atoms with E-state index in [0.29, 0.717) is 0 Å². The van der Waals surface area contributed by atoms with Gasteiger partial charge in [-0.3, -0.25) is 4.79 Å². The van der Waals surface area contributed by atoms with Gasteiger partial charge in [0.2, 0.25) is 6.41 Å². The summed E-state index contributed by atoms with van der Waals surface area (Å²) in [5.41, 5.74) is 7.02. The first-order valence-electron chi connectivity index (χ1n) is 11.7. The minimum Gasteiger partial charge on any atom is -0.493 e. The van der Waals surface area contributed by atoms with Crippen LogP contribution in [0.3, 0.4) is 0 Å². The molecule has 4 heteroatoms. The highest BCUT2D eigenvalue weighted by Gasteiger charge is 2.13. The van der Waals surface area contributed by atoms with E-state index in [0.717, 1.165) is 18.3 Å². The molecule has 2 heterocycles. The lowest BCUT2D eigenvalue weighted by molar-refractivity contribution is -0.106. The Morgan fingerprint density at radius 3 is 2.45 bits per heavy atom. The number of likely N-dealkylation sites (tertiary alicyclic amines) is 1. The summed E-state index contributed by atoms with van der Waals surface area (Å²) in [6, 6.07) is 6.83. The Morgan fingerprint density at radius 1 is 1.17 bits per heavy atom. The number of hydrogen-bond acceptors (Lipinski definition) is 3. The molecule has 1 aromatic rings. The third-order valence-corrected chi connectivity index (χ3v) is 5.68. The summed E-state index contributed by atoms with van der Waals surface area (Å²) in [4.78, 5) is 11.0. The largest absolute Gasteiger partial charge is 0.493 e. The molecule has 0 aromatic heterocycles. The Labute approximate surface area is 179 Å². The molecule has 3 rings (SSSR count). The number of benzene rings is 1. The number of aryl methyl sites for hydroxylation is 2. The number of amides is 1. The smallest absolute Gasteiger partial charge is 0.204 e. The number of unbranched alkanes of at least 4 members (excludes halogenated alkanes) is 6. The zero-order valence-electron chi connectivity index (χ0n) is 19.1. The van der Waals surface area contributed by atoms with Gasteiger partial charge in [0.05, 0.1) is 6.61 Å². The Kier molecular flexibility index (Phi) is 14.3. The van der Waals surface area contributed by atoms with Crippen molar-refractivity contribution in [2.45, 2.75) is 84.5 Å². The summed E-state index contributed by atoms with van der Waals surface area (Å²) in [5.74, 6) is 2.09. The standard InChI is InChI=1S/C18H28O.C6H13N.CH3NO/c1-2-3-4-5-6-7-8-10-16-12-13-17-11-9-14-19-18(17)15-16;1-6-3-4-7(2)5-6;2-1-3/h12-13,15H,2-11,14H2,1H3;6H,3-5H2,1-2H3;1H,(H2,2,3). The van der Waals surface area contributed by atoms with E-state index in [2.05, 4.69) is 49.7 Å². The molecule has 0 saturated carbocycles. The van der Waals surface area contributed by atoms with Crippen LogP contribution in [-0.2, 0) is 17.6 Å². The average Bonchev–Trinajstić information content (AvgIpc) is 3.11. The minimum atomic E-state index is 0.250. The van der Waals surface area contributed by atoms with E-state index in [1.165, 1.54) is 94.8 Å². The Morgan fingerprint density at radius 2 is 1.86 bits per heavy atom. The van der Waals surface area contributed by atoms with Crippen molar-refractivity contribution in [3.63, 3.8) is 0 Å². The lowest BCUT2D eigenvalue weighted by Gasteiger charge is -2.17. The van der Waals surface area contributed by atoms with Crippen LogP contribution in [0, 0.1) is 5.92 Å². The molecule has 0 radical (unpaired) electrons. The maximum atomic E-state index is 8.58. The summed E-state index contributed by atoms with van der Waals surface area (Å²) in [6.45, 7) is 8.09. The van der Waals surface area contributed by atoms with Crippen LogP contribution >= 0.6 is 0 Å². The Balaban J connectivity index is 0.000000347. The lowest BCUT2D eigenvalue weighted by atomic mass is 10.0. The first-order chi connectivity index (χ1) is 14.1. The van der Waals surface area contributed by atoms with Crippen LogP contribution < -0.4 is 10.5 Å². The first-order valence-corrected chi connectivity index (χ1v) is 11.7. The summed E-state index contributed by atoms with van der Waals surface area (Å²) in [7, 11) is 2.18. The van der Waals surface area contributed by atoms with Gasteiger partial charge in [0.1, 0.15) is 5.75 Å². The highest BCUT2D eigenvalue weighted by Crippen LogP contribution is 2.26. The van der Waals surface area contributed by atoms with Crippen molar-refractivity contribution >= 4 is 6.41 Å². The van der Waals surface area contributed by atoms with Crippen molar-refractivity contribution < 1.29 is 9.53 Å². The third kappa shape index (κ3) is 11.9. The van der Waals surface area contributed by atoms with Crippen LogP contribution in [0.2, 0.25) is 0 Å². The predicted octanol–water partition coefficient (Wildman–Crippen LogP) is 5.36. The van der Waals surface area contributed by atoms with E-state index in [4.69, 9.17) is 9.53 Å². The maximum absolute atomic E-state index is 8.58. The van der Waals surface area contributed by atoms with Crippen molar-refractivity contribution in [1.82, 2.24) is 4.90 Å². The van der Waals surface area contributed by atoms with E-state index < -0.39 is 0 Å². The van der Waals surface area contributed by atoms with Crippen LogP contribution in [-0.4, -0.2) is 38.1 Å². The Hall–Kier alpha value is -1.55. The normalized spacial score (nSPS) is 17.8. The predicted molar refractivity (Wildman–Crippen MR) is 123 cm³/mol. The third-order valence-electron chi connectivity index (χ3n) is 5.68. The number of primary amides is 1. The summed E-state index contributed by atoms with van der Waals surface area (Å²) in [5, 5.41) is 0. The topological polar surface area (TPSA) is 55.6 Å². The van der Waals surface area contributed by atoms with Gasteiger partial charge in [-0.2, -0.15) is 0 Å². The fraction of sp³-hybridized carbons (Fsp3) is 0.720. The second kappa shape index (κ2) is 16.3. The molecule has 1 amide bonds. The molecule has 29 heavy (non-hydrogen) atoms. The molecule has 0 spiro atoms. The minimum absolute atomic E-state index is 0.250. The number of hydrogen-bond donors (Lipinski definition) is 1. The van der Waals surface area contributed by atoms with Crippen molar-refractivity contribution in [2.24, 2.45) is 11.7 Å². The van der Waals surface area contributed by atoms with Gasteiger partial charge < -0.3 is 15.4 Å². The van der Waals surface area contributed by atoms with Crippen LogP contribution in [0.25, 0.3) is 0 Å². The molecule has 1 fully saturated rings. The fourth-order valence-electron chi connectivity index (χ4n) is 3.98. The zero-order valence-corrected chi connectivity index (χ0v) is 19.1. The van der Waals surface area contributed by atoms with Gasteiger partial charge in [-0.1, -0.05) is 64.5 Å². The van der Waals surface area contributed by atoms with E-state index in [9.17, 15) is 0 Å². The van der Waals surface area contributed by atoms with Gasteiger partial charge in [-0.15, -0.1) is 0 Å². The van der Waals surface area contributed by atoms with Crippen molar-refractivity contribution in [2.75, 3.05) is 26.7 Å². The number of nitrogens with zero attached hydrogens (tertiary/aromatic N) is 1. The first kappa shape index (κ1) is 25.5. The van der Waals surface area contributed by atoms with Gasteiger partial charge >= 0.3 is 0 Å². The second-order valence-corrected chi connectivity index (χ2v) is 8.56. The molecule has 1 unspecified atom stereocenters. The van der Waals surface area contributed by atoms with Crippen LogP contribution in [0.1, 0.15) is 82.8 Å². The number of rotatable bonds is 8. The molecule has 166 valence electrons. The summed E-state index contributed by atoms with van der Waals surface area (Å²) in [6.07, 6.45) is 14.9. The average molecular weight is 405 g/mol. The monoisotopic (exact) mass is 404 g/mol. The fourth-order valence-corrected chi connectivity index (χ4v) is 3.98. The summed E-state index contributed by atoms with van der Waals surface area (Å²) < 4.78 is 5.74. The van der Waals surface area contributed by atoms with Crippen molar-refractivity contribution in [1.29, 1.82) is 0 Å². The molecule has 2 aliphatic rings. The molecule has 0 aliphatic carbocycles. The van der Waals surface area contributed by atoms with E-state index in [1.807, 2.05) is 0 Å². The van der Waals surface area contributed by atoms with Crippen LogP contribution in [0.4, 0.5) is 0 Å². The highest BCUT2D eigenvalue weighted by molar-refractivity contribution is 5.42. The number of carbonyl (C=O) groups is 1. The molecule has 1 aromatic carbocycles. The zero-order chi connectivity index (χ0) is 21.3. The summed E-state index contributed by atoms with van der Waals surface area (Å²) >= 11 is 0. The van der Waals surface area contributed by atoms with Crippen molar-refractivity contribution in [3.05, 3.63) is 29.3 Å². The molecule has 2 N–H and O–H groups in total. The maximum Gasteiger partial charge on any atom is 0.204 e. The molecule has 1 saturated heterocycles. The molecule has 4 nitrogen and oxygen atoms in total. The van der Waals surface area contributed by atoms with E-state index in [1.54, 1.807) is 0 Å². The number of ether oxygens (including phenoxy) is 1. The highest BCUT2D eigenvalue weighted by atomic mass is 16.5. The molecular weight excluding hydrogens is 360 g/mol. The van der Waals surface area contributed by atoms with E-state index >= 15 is 0 Å². The molecular formula is C25H44N2O2. The van der Waals surface area contributed by atoms with Gasteiger partial charge in [0.25, 0.3) is 0 Å². The number of fused-ring (bicyclic) bond motifs is 1.